The molecule has 0 saturated carbocycles. The van der Waals surface area contributed by atoms with E-state index in [0.717, 1.165) is 43.5 Å². The molecule has 0 aliphatic heterocycles. The summed E-state index contributed by atoms with van der Waals surface area (Å²) in [6.45, 7) is 4.45. The van der Waals surface area contributed by atoms with E-state index in [4.69, 9.17) is 0 Å². The average Bonchev–Trinajstić information content (AvgIpc) is 2.74. The van der Waals surface area contributed by atoms with Crippen molar-refractivity contribution in [3.05, 3.63) is 47.8 Å². The quantitative estimate of drug-likeness (QED) is 0.378. The molecule has 0 bridgehead atoms. The van der Waals surface area contributed by atoms with Crippen molar-refractivity contribution in [3.63, 3.8) is 0 Å². The van der Waals surface area contributed by atoms with Gasteiger partial charge in [-0.2, -0.15) is 0 Å². The lowest BCUT2D eigenvalue weighted by Gasteiger charge is -2.10. The third-order valence-corrected chi connectivity index (χ3v) is 5.39. The minimum atomic E-state index is -0.176. The van der Waals surface area contributed by atoms with Crippen molar-refractivity contribution >= 4 is 0 Å². The lowest BCUT2D eigenvalue weighted by Crippen LogP contribution is -2.07. The van der Waals surface area contributed by atoms with Crippen molar-refractivity contribution in [1.82, 2.24) is 9.97 Å². The van der Waals surface area contributed by atoms with Crippen LogP contribution in [0.2, 0.25) is 0 Å². The summed E-state index contributed by atoms with van der Waals surface area (Å²) < 4.78 is 0. The van der Waals surface area contributed by atoms with Gasteiger partial charge in [-0.3, -0.25) is 0 Å². The molecular formula is C25H38N2O. The molecule has 3 nitrogen and oxygen atoms in total. The smallest absolute Gasteiger partial charge is 0.159 e. The first-order valence-corrected chi connectivity index (χ1v) is 11.3. The predicted molar refractivity (Wildman–Crippen MR) is 118 cm³/mol. The zero-order valence-corrected chi connectivity index (χ0v) is 17.9. The van der Waals surface area contributed by atoms with Crippen LogP contribution in [-0.2, 0) is 12.8 Å². The molecule has 0 fully saturated rings. The zero-order chi connectivity index (χ0) is 20.0. The van der Waals surface area contributed by atoms with Gasteiger partial charge in [0.05, 0.1) is 6.10 Å². The number of unbranched alkanes of at least 4 members (excludes halogenated alkanes) is 6. The van der Waals surface area contributed by atoms with Crippen LogP contribution in [0.4, 0.5) is 0 Å². The van der Waals surface area contributed by atoms with E-state index in [2.05, 4.69) is 48.1 Å². The van der Waals surface area contributed by atoms with E-state index < -0.39 is 0 Å². The van der Waals surface area contributed by atoms with E-state index in [-0.39, 0.29) is 6.10 Å². The zero-order valence-electron chi connectivity index (χ0n) is 17.9. The van der Waals surface area contributed by atoms with Crippen LogP contribution >= 0.6 is 0 Å². The minimum absolute atomic E-state index is 0.176. The Hall–Kier alpha value is -1.74. The fourth-order valence-corrected chi connectivity index (χ4v) is 3.49. The highest BCUT2D eigenvalue weighted by Gasteiger charge is 2.06. The highest BCUT2D eigenvalue weighted by Crippen LogP contribution is 2.18. The Balaban J connectivity index is 1.77. The molecule has 0 amide bonds. The van der Waals surface area contributed by atoms with E-state index in [9.17, 15) is 5.11 Å². The van der Waals surface area contributed by atoms with Crippen LogP contribution in [0.15, 0.2) is 36.7 Å². The minimum Gasteiger partial charge on any atom is -0.393 e. The van der Waals surface area contributed by atoms with Crippen LogP contribution in [-0.4, -0.2) is 21.2 Å². The van der Waals surface area contributed by atoms with Gasteiger partial charge in [0.1, 0.15) is 0 Å². The summed E-state index contributed by atoms with van der Waals surface area (Å²) in [7, 11) is 0. The predicted octanol–water partition coefficient (Wildman–Crippen LogP) is 6.53. The van der Waals surface area contributed by atoms with Crippen molar-refractivity contribution in [2.24, 2.45) is 0 Å². The molecule has 1 aromatic heterocycles. The number of aromatic nitrogens is 2. The molecule has 0 unspecified atom stereocenters. The molecule has 2 rings (SSSR count). The maximum absolute atomic E-state index is 10.1. The summed E-state index contributed by atoms with van der Waals surface area (Å²) in [5, 5.41) is 10.1. The highest BCUT2D eigenvalue weighted by molar-refractivity contribution is 5.55. The normalized spacial score (nSPS) is 12.2. The van der Waals surface area contributed by atoms with E-state index in [1.54, 1.807) is 0 Å². The van der Waals surface area contributed by atoms with Crippen molar-refractivity contribution in [2.45, 2.75) is 97.0 Å². The number of aryl methyl sites for hydroxylation is 2. The van der Waals surface area contributed by atoms with Crippen LogP contribution in [0, 0.1) is 0 Å². The van der Waals surface area contributed by atoms with Gasteiger partial charge in [-0.15, -0.1) is 0 Å². The molecule has 3 heteroatoms. The van der Waals surface area contributed by atoms with Crippen LogP contribution in [0.3, 0.4) is 0 Å². The Kier molecular flexibility index (Phi) is 10.8. The number of hydrogen-bond donors (Lipinski definition) is 1. The molecule has 1 heterocycles. The van der Waals surface area contributed by atoms with Gasteiger partial charge in [-0.1, -0.05) is 83.1 Å². The molecule has 1 N–H and O–H groups in total. The van der Waals surface area contributed by atoms with Gasteiger partial charge in [-0.05, 0) is 43.2 Å². The second kappa shape index (κ2) is 13.4. The van der Waals surface area contributed by atoms with Gasteiger partial charge in [0.2, 0.25) is 0 Å². The largest absolute Gasteiger partial charge is 0.393 e. The molecular weight excluding hydrogens is 344 g/mol. The lowest BCUT2D eigenvalue weighted by atomic mass is 10.0. The first-order chi connectivity index (χ1) is 13.7. The number of nitrogens with zero attached hydrogens (tertiary/aromatic N) is 2. The molecule has 0 saturated heterocycles. The molecule has 0 aliphatic carbocycles. The van der Waals surface area contributed by atoms with Crippen molar-refractivity contribution in [1.29, 1.82) is 0 Å². The molecule has 0 spiro atoms. The van der Waals surface area contributed by atoms with Crippen LogP contribution in [0.25, 0.3) is 11.4 Å². The average molecular weight is 383 g/mol. The van der Waals surface area contributed by atoms with E-state index in [1.165, 1.54) is 56.1 Å². The van der Waals surface area contributed by atoms with E-state index >= 15 is 0 Å². The molecule has 1 aromatic carbocycles. The number of aliphatic hydroxyl groups excluding tert-OH is 1. The summed E-state index contributed by atoms with van der Waals surface area (Å²) in [5.74, 6) is 0.791. The molecule has 0 radical (unpaired) electrons. The molecule has 1 atom stereocenters. The second-order valence-electron chi connectivity index (χ2n) is 7.96. The summed E-state index contributed by atoms with van der Waals surface area (Å²) >= 11 is 0. The number of aliphatic hydroxyl groups is 1. The van der Waals surface area contributed by atoms with Crippen LogP contribution in [0.5, 0.6) is 0 Å². The van der Waals surface area contributed by atoms with Gasteiger partial charge < -0.3 is 5.11 Å². The Labute approximate surface area is 171 Å². The van der Waals surface area contributed by atoms with E-state index in [0.29, 0.717) is 0 Å². The topological polar surface area (TPSA) is 46.0 Å². The maximum Gasteiger partial charge on any atom is 0.159 e. The number of hydrogen-bond acceptors (Lipinski definition) is 3. The summed E-state index contributed by atoms with van der Waals surface area (Å²) in [6.07, 6.45) is 17.5. The van der Waals surface area contributed by atoms with Crippen molar-refractivity contribution in [2.75, 3.05) is 0 Å². The van der Waals surface area contributed by atoms with Crippen LogP contribution in [0.1, 0.15) is 89.2 Å². The first kappa shape index (κ1) is 22.5. The van der Waals surface area contributed by atoms with Gasteiger partial charge in [-0.25, -0.2) is 9.97 Å². The third kappa shape index (κ3) is 8.52. The Morgan fingerprint density at radius 1 is 0.714 bits per heavy atom. The SMILES string of the molecule is CCCCCCc1cnc(-c2ccc(CC[C@H](O)CCCCCC)cc2)nc1. The molecule has 0 aliphatic rings. The molecule has 28 heavy (non-hydrogen) atoms. The number of benzene rings is 1. The maximum atomic E-state index is 10.1. The lowest BCUT2D eigenvalue weighted by molar-refractivity contribution is 0.151. The fourth-order valence-electron chi connectivity index (χ4n) is 3.49. The Bertz CT molecular complexity index is 637. The third-order valence-electron chi connectivity index (χ3n) is 5.39. The summed E-state index contributed by atoms with van der Waals surface area (Å²) in [6, 6.07) is 8.47. The van der Waals surface area contributed by atoms with E-state index in [1.807, 2.05) is 12.4 Å². The second-order valence-corrected chi connectivity index (χ2v) is 7.96. The van der Waals surface area contributed by atoms with Crippen molar-refractivity contribution in [3.8, 4) is 11.4 Å². The Morgan fingerprint density at radius 3 is 2.00 bits per heavy atom. The standard InChI is InChI=1S/C25H38N2O/c1-3-5-7-9-11-22-19-26-25(27-20-22)23-16-13-21(14-17-23)15-18-24(28)12-10-8-6-4-2/h13-14,16-17,19-20,24,28H,3-12,15,18H2,1-2H3/t24-/m1/s1. The molecule has 154 valence electrons. The number of rotatable bonds is 14. The fraction of sp³-hybridized carbons (Fsp3) is 0.600. The van der Waals surface area contributed by atoms with Crippen molar-refractivity contribution < 1.29 is 5.11 Å². The van der Waals surface area contributed by atoms with Gasteiger partial charge >= 0.3 is 0 Å². The first-order valence-electron chi connectivity index (χ1n) is 11.3. The van der Waals surface area contributed by atoms with Gasteiger partial charge in [0.15, 0.2) is 5.82 Å². The van der Waals surface area contributed by atoms with Gasteiger partial charge in [0.25, 0.3) is 0 Å². The highest BCUT2D eigenvalue weighted by atomic mass is 16.3. The Morgan fingerprint density at radius 2 is 1.36 bits per heavy atom. The molecule has 2 aromatic rings. The summed E-state index contributed by atoms with van der Waals surface area (Å²) in [4.78, 5) is 9.10. The monoisotopic (exact) mass is 382 g/mol. The summed E-state index contributed by atoms with van der Waals surface area (Å²) in [5.41, 5.74) is 3.55. The van der Waals surface area contributed by atoms with Gasteiger partial charge in [0, 0.05) is 18.0 Å². The van der Waals surface area contributed by atoms with Crippen LogP contribution < -0.4 is 0 Å².